The normalized spacial score (nSPS) is 10.2. The van der Waals surface area contributed by atoms with E-state index in [1.54, 1.807) is 18.2 Å². The fourth-order valence-corrected chi connectivity index (χ4v) is 2.62. The molecular weight excluding hydrogens is 394 g/mol. The number of benzene rings is 1. The van der Waals surface area contributed by atoms with E-state index in [0.29, 0.717) is 28.3 Å². The van der Waals surface area contributed by atoms with Crippen molar-refractivity contribution in [2.45, 2.75) is 13.5 Å². The van der Waals surface area contributed by atoms with Gasteiger partial charge >= 0.3 is 5.97 Å². The second-order valence-electron chi connectivity index (χ2n) is 4.85. The molecule has 1 aromatic carbocycles. The molecule has 0 saturated carbocycles. The molecule has 1 N–H and O–H groups in total. The number of amides is 1. The maximum Gasteiger partial charge on any atom is 0.338 e. The Balaban J connectivity index is 1.94. The molecule has 1 amide bonds. The lowest BCUT2D eigenvalue weighted by atomic mass is 10.2. The lowest BCUT2D eigenvalue weighted by molar-refractivity contribution is -0.124. The number of rotatable bonds is 8. The fraction of sp³-hybridized carbons (Fsp3) is 0.294. The first-order valence-electron chi connectivity index (χ1n) is 7.51. The molecule has 134 valence electrons. The monoisotopic (exact) mass is 411 g/mol. The molecule has 1 heterocycles. The maximum atomic E-state index is 12.2. The summed E-state index contributed by atoms with van der Waals surface area (Å²) in [6.07, 6.45) is 1.51. The minimum absolute atomic E-state index is 0.228. The molecule has 0 aliphatic carbocycles. The average Bonchev–Trinajstić information content (AvgIpc) is 3.11. The van der Waals surface area contributed by atoms with Crippen LogP contribution in [0, 0.1) is 0 Å². The summed E-state index contributed by atoms with van der Waals surface area (Å²) in [6, 6.07) is 6.51. The van der Waals surface area contributed by atoms with Gasteiger partial charge in [-0.2, -0.15) is 0 Å². The number of hydrogen-bond acceptors (Lipinski definition) is 6. The van der Waals surface area contributed by atoms with Gasteiger partial charge in [-0.25, -0.2) is 4.79 Å². The van der Waals surface area contributed by atoms with Crippen LogP contribution in [0.15, 0.2) is 39.4 Å². The van der Waals surface area contributed by atoms with Gasteiger partial charge in [-0.15, -0.1) is 0 Å². The standard InChI is InChI=1S/C17H18BrNO6/c1-3-23-14-8-11(7-13(18)16(14)22-2)17(21)25-10-15(20)19-9-12-5-4-6-24-12/h4-8H,3,9-10H2,1-2H3,(H,19,20). The Bertz CT molecular complexity index is 729. The van der Waals surface area contributed by atoms with Crippen molar-refractivity contribution in [1.82, 2.24) is 5.32 Å². The number of carbonyl (C=O) groups excluding carboxylic acids is 2. The summed E-state index contributed by atoms with van der Waals surface area (Å²) >= 11 is 3.32. The molecule has 0 unspecified atom stereocenters. The largest absolute Gasteiger partial charge is 0.492 e. The van der Waals surface area contributed by atoms with Crippen molar-refractivity contribution in [2.24, 2.45) is 0 Å². The van der Waals surface area contributed by atoms with Gasteiger partial charge in [-0.1, -0.05) is 0 Å². The molecule has 8 heteroatoms. The minimum atomic E-state index is -0.641. The van der Waals surface area contributed by atoms with E-state index < -0.39 is 18.5 Å². The molecule has 0 fully saturated rings. The molecule has 0 aliphatic rings. The van der Waals surface area contributed by atoms with E-state index >= 15 is 0 Å². The number of halogens is 1. The third-order valence-electron chi connectivity index (χ3n) is 3.12. The third kappa shape index (κ3) is 5.25. The maximum absolute atomic E-state index is 12.2. The fourth-order valence-electron chi connectivity index (χ4n) is 2.01. The molecule has 7 nitrogen and oxygen atoms in total. The highest BCUT2D eigenvalue weighted by Gasteiger charge is 2.17. The summed E-state index contributed by atoms with van der Waals surface area (Å²) in [7, 11) is 1.50. The SMILES string of the molecule is CCOc1cc(C(=O)OCC(=O)NCc2ccco2)cc(Br)c1OC. The smallest absolute Gasteiger partial charge is 0.338 e. The van der Waals surface area contributed by atoms with Crippen molar-refractivity contribution in [1.29, 1.82) is 0 Å². The molecule has 2 aromatic rings. The Kier molecular flexibility index (Phi) is 6.88. The van der Waals surface area contributed by atoms with Gasteiger partial charge in [0.15, 0.2) is 18.1 Å². The number of furan rings is 1. The quantitative estimate of drug-likeness (QED) is 0.671. The molecule has 25 heavy (non-hydrogen) atoms. The first-order chi connectivity index (χ1) is 12.0. The number of ether oxygens (including phenoxy) is 3. The van der Waals surface area contributed by atoms with Crippen LogP contribution >= 0.6 is 15.9 Å². The topological polar surface area (TPSA) is 87.0 Å². The van der Waals surface area contributed by atoms with Crippen LogP contribution in [-0.4, -0.2) is 32.2 Å². The highest BCUT2D eigenvalue weighted by atomic mass is 79.9. The second kappa shape index (κ2) is 9.12. The van der Waals surface area contributed by atoms with Gasteiger partial charge in [0.2, 0.25) is 0 Å². The second-order valence-corrected chi connectivity index (χ2v) is 5.71. The van der Waals surface area contributed by atoms with E-state index in [0.717, 1.165) is 0 Å². The average molecular weight is 412 g/mol. The van der Waals surface area contributed by atoms with E-state index in [4.69, 9.17) is 18.6 Å². The van der Waals surface area contributed by atoms with E-state index in [9.17, 15) is 9.59 Å². The first kappa shape index (κ1) is 18.9. The Morgan fingerprint density at radius 1 is 1.32 bits per heavy atom. The Morgan fingerprint density at radius 2 is 2.12 bits per heavy atom. The highest BCUT2D eigenvalue weighted by Crippen LogP contribution is 2.36. The summed E-state index contributed by atoms with van der Waals surface area (Å²) < 4.78 is 21.4. The van der Waals surface area contributed by atoms with Crippen LogP contribution in [0.1, 0.15) is 23.0 Å². The number of esters is 1. The van der Waals surface area contributed by atoms with Crippen LogP contribution in [-0.2, 0) is 16.1 Å². The van der Waals surface area contributed by atoms with Gasteiger partial charge in [0, 0.05) is 0 Å². The molecule has 0 saturated heterocycles. The lowest BCUT2D eigenvalue weighted by Crippen LogP contribution is -2.28. The number of carbonyl (C=O) groups is 2. The van der Waals surface area contributed by atoms with E-state index in [1.165, 1.54) is 19.4 Å². The summed E-state index contributed by atoms with van der Waals surface area (Å²) in [6.45, 7) is 2.07. The number of methoxy groups -OCH3 is 1. The molecule has 0 spiro atoms. The van der Waals surface area contributed by atoms with Gasteiger partial charge < -0.3 is 23.9 Å². The first-order valence-corrected chi connectivity index (χ1v) is 8.31. The van der Waals surface area contributed by atoms with E-state index in [2.05, 4.69) is 21.2 Å². The van der Waals surface area contributed by atoms with Crippen molar-refractivity contribution in [3.05, 3.63) is 46.3 Å². The van der Waals surface area contributed by atoms with Gasteiger partial charge in [-0.3, -0.25) is 4.79 Å². The molecule has 0 aliphatic heterocycles. The molecule has 1 aromatic heterocycles. The molecule has 0 bridgehead atoms. The van der Waals surface area contributed by atoms with Crippen LogP contribution < -0.4 is 14.8 Å². The zero-order valence-corrected chi connectivity index (χ0v) is 15.4. The van der Waals surface area contributed by atoms with Gasteiger partial charge in [0.05, 0.1) is 36.6 Å². The Hall–Kier alpha value is -2.48. The van der Waals surface area contributed by atoms with Gasteiger partial charge in [0.1, 0.15) is 5.76 Å². The van der Waals surface area contributed by atoms with Crippen LogP contribution in [0.4, 0.5) is 0 Å². The molecule has 0 atom stereocenters. The van der Waals surface area contributed by atoms with Crippen LogP contribution in [0.2, 0.25) is 0 Å². The van der Waals surface area contributed by atoms with Crippen LogP contribution in [0.25, 0.3) is 0 Å². The Labute approximate surface area is 153 Å². The molecule has 2 rings (SSSR count). The van der Waals surface area contributed by atoms with E-state index in [-0.39, 0.29) is 12.1 Å². The summed E-state index contributed by atoms with van der Waals surface area (Å²) in [4.78, 5) is 23.9. The van der Waals surface area contributed by atoms with Crippen molar-refractivity contribution >= 4 is 27.8 Å². The predicted molar refractivity (Wildman–Crippen MR) is 92.7 cm³/mol. The summed E-state index contributed by atoms with van der Waals surface area (Å²) in [5, 5.41) is 2.59. The van der Waals surface area contributed by atoms with Crippen LogP contribution in [0.3, 0.4) is 0 Å². The van der Waals surface area contributed by atoms with Crippen molar-refractivity contribution in [2.75, 3.05) is 20.3 Å². The van der Waals surface area contributed by atoms with Gasteiger partial charge in [-0.05, 0) is 47.1 Å². The minimum Gasteiger partial charge on any atom is -0.492 e. The zero-order valence-electron chi connectivity index (χ0n) is 13.8. The molecular formula is C17H18BrNO6. The van der Waals surface area contributed by atoms with Crippen molar-refractivity contribution in [3.8, 4) is 11.5 Å². The van der Waals surface area contributed by atoms with Crippen molar-refractivity contribution < 1.29 is 28.2 Å². The number of hydrogen-bond donors (Lipinski definition) is 1. The predicted octanol–water partition coefficient (Wildman–Crippen LogP) is 2.92. The molecule has 0 radical (unpaired) electrons. The number of nitrogens with one attached hydrogen (secondary N) is 1. The summed E-state index contributed by atoms with van der Waals surface area (Å²) in [5.74, 6) is 0.433. The van der Waals surface area contributed by atoms with Crippen molar-refractivity contribution in [3.63, 3.8) is 0 Å². The summed E-state index contributed by atoms with van der Waals surface area (Å²) in [5.41, 5.74) is 0.245. The third-order valence-corrected chi connectivity index (χ3v) is 3.71. The van der Waals surface area contributed by atoms with E-state index in [1.807, 2.05) is 6.92 Å². The zero-order chi connectivity index (χ0) is 18.2. The highest BCUT2D eigenvalue weighted by molar-refractivity contribution is 9.10. The van der Waals surface area contributed by atoms with Gasteiger partial charge in [0.25, 0.3) is 5.91 Å². The Morgan fingerprint density at radius 3 is 2.76 bits per heavy atom. The van der Waals surface area contributed by atoms with Crippen LogP contribution in [0.5, 0.6) is 11.5 Å². The lowest BCUT2D eigenvalue weighted by Gasteiger charge is -2.13.